The predicted octanol–water partition coefficient (Wildman–Crippen LogP) is -6.43. The highest BCUT2D eigenvalue weighted by molar-refractivity contribution is 5.99. The molecule has 23 N–H and O–H groups in total. The predicted molar refractivity (Wildman–Crippen MR) is 267 cm³/mol. The third kappa shape index (κ3) is 22.6. The number of hydrogen-bond acceptors (Lipinski definition) is 17. The zero-order valence-electron chi connectivity index (χ0n) is 41.4. The van der Waals surface area contributed by atoms with E-state index in [4.69, 9.17) is 40.1 Å². The SMILES string of the molecule is C[C@H](NC(=O)[C@@H](NC(=O)[C@@H](N)CCCCN)[C@@H](O)CN)C(=O)NCC(=O)N[C@H](CCCN)C(=O)N1CCC[C@H]1C(=O)N[C@@H](Cc1ccncc1)C(=O)N[C@@H](CCCCN)C(=O)N/C(=C\CCN=C(N)N)C(=O)O. The van der Waals surface area contributed by atoms with Crippen molar-refractivity contribution >= 4 is 59.2 Å². The molecule has 0 unspecified atom stereocenters. The highest BCUT2D eigenvalue weighted by Crippen LogP contribution is 2.20. The number of carbonyl (C=O) groups excluding carboxylic acids is 8. The molecule has 8 atom stereocenters. The Labute approximate surface area is 423 Å². The molecule has 0 saturated carbocycles. The lowest BCUT2D eigenvalue weighted by Crippen LogP contribution is -2.60. The molecule has 1 aromatic rings. The number of aromatic nitrogens is 1. The first-order valence-corrected chi connectivity index (χ1v) is 24.3. The second-order valence-electron chi connectivity index (χ2n) is 17.3. The van der Waals surface area contributed by atoms with Crippen LogP contribution in [0.5, 0.6) is 0 Å². The molecule has 0 aliphatic carbocycles. The van der Waals surface area contributed by atoms with Crippen molar-refractivity contribution in [3.63, 3.8) is 0 Å². The molecule has 8 amide bonds. The third-order valence-corrected chi connectivity index (χ3v) is 11.5. The molecule has 1 aromatic heterocycles. The van der Waals surface area contributed by atoms with Crippen LogP contribution in [-0.2, 0) is 49.6 Å². The van der Waals surface area contributed by atoms with E-state index >= 15 is 0 Å². The van der Waals surface area contributed by atoms with Crippen LogP contribution in [0, 0.1) is 0 Å². The summed E-state index contributed by atoms with van der Waals surface area (Å²) in [6, 6.07) is -5.52. The van der Waals surface area contributed by atoms with Crippen LogP contribution < -0.4 is 77.4 Å². The zero-order chi connectivity index (χ0) is 54.5. The molecule has 28 nitrogen and oxygen atoms in total. The number of guanidine groups is 1. The van der Waals surface area contributed by atoms with Gasteiger partial charge in [-0.05, 0) is 108 Å². The van der Waals surface area contributed by atoms with Gasteiger partial charge in [-0.3, -0.25) is 48.3 Å². The Bertz CT molecular complexity index is 2040. The van der Waals surface area contributed by atoms with Crippen LogP contribution in [0.15, 0.2) is 41.3 Å². The van der Waals surface area contributed by atoms with Crippen molar-refractivity contribution in [2.45, 2.75) is 132 Å². The van der Waals surface area contributed by atoms with Crippen molar-refractivity contribution in [1.29, 1.82) is 0 Å². The van der Waals surface area contributed by atoms with E-state index in [-0.39, 0.29) is 77.1 Å². The van der Waals surface area contributed by atoms with Crippen LogP contribution >= 0.6 is 0 Å². The lowest BCUT2D eigenvalue weighted by molar-refractivity contribution is -0.142. The van der Waals surface area contributed by atoms with Crippen molar-refractivity contribution in [1.82, 2.24) is 47.1 Å². The molecule has 1 saturated heterocycles. The number of aliphatic hydroxyl groups is 1. The van der Waals surface area contributed by atoms with Crippen molar-refractivity contribution in [2.24, 2.45) is 45.1 Å². The number of hydrogen-bond donors (Lipinski definition) is 16. The first kappa shape index (κ1) is 62.3. The van der Waals surface area contributed by atoms with Crippen LogP contribution in [0.4, 0.5) is 0 Å². The molecule has 2 rings (SSSR count). The van der Waals surface area contributed by atoms with E-state index in [1.54, 1.807) is 12.1 Å². The Balaban J connectivity index is 2.23. The average Bonchev–Trinajstić information content (AvgIpc) is 3.86. The Morgan fingerprint density at radius 2 is 1.42 bits per heavy atom. The molecular formula is C45H77N17O11. The Hall–Kier alpha value is -6.85. The number of carboxylic acids is 1. The first-order valence-electron chi connectivity index (χ1n) is 24.3. The van der Waals surface area contributed by atoms with E-state index < -0.39 is 120 Å². The fourth-order valence-electron chi connectivity index (χ4n) is 7.47. The summed E-state index contributed by atoms with van der Waals surface area (Å²) in [5.74, 6) is -7.94. The van der Waals surface area contributed by atoms with Gasteiger partial charge in [-0.1, -0.05) is 12.5 Å². The Morgan fingerprint density at radius 1 is 0.781 bits per heavy atom. The number of carbonyl (C=O) groups is 9. The summed E-state index contributed by atoms with van der Waals surface area (Å²) in [4.78, 5) is 129. The van der Waals surface area contributed by atoms with E-state index in [2.05, 4.69) is 47.2 Å². The molecular weight excluding hydrogens is 955 g/mol. The number of nitrogens with two attached hydrogens (primary N) is 7. The quantitative estimate of drug-likeness (QED) is 0.0132. The van der Waals surface area contributed by atoms with Gasteiger partial charge in [0.2, 0.25) is 47.3 Å². The summed E-state index contributed by atoms with van der Waals surface area (Å²) < 4.78 is 0. The molecule has 1 aliphatic heterocycles. The molecule has 0 bridgehead atoms. The van der Waals surface area contributed by atoms with Crippen molar-refractivity contribution in [3.05, 3.63) is 41.9 Å². The van der Waals surface area contributed by atoms with E-state index in [1.165, 1.54) is 30.3 Å². The number of nitrogens with one attached hydrogen (secondary N) is 7. The van der Waals surface area contributed by atoms with Crippen LogP contribution in [0.3, 0.4) is 0 Å². The molecule has 0 radical (unpaired) electrons. The lowest BCUT2D eigenvalue weighted by atomic mass is 10.0. The van der Waals surface area contributed by atoms with Gasteiger partial charge >= 0.3 is 5.97 Å². The van der Waals surface area contributed by atoms with Crippen LogP contribution in [0.1, 0.15) is 83.1 Å². The number of aliphatic hydroxyl groups excluding tert-OH is 1. The molecule has 1 fully saturated rings. The summed E-state index contributed by atoms with van der Waals surface area (Å²) in [7, 11) is 0. The number of pyridine rings is 1. The molecule has 408 valence electrons. The summed E-state index contributed by atoms with van der Waals surface area (Å²) in [6.07, 6.45) is 5.87. The highest BCUT2D eigenvalue weighted by Gasteiger charge is 2.39. The average molecular weight is 1030 g/mol. The van der Waals surface area contributed by atoms with E-state index in [9.17, 15) is 53.4 Å². The maximum Gasteiger partial charge on any atom is 0.352 e. The smallest absolute Gasteiger partial charge is 0.352 e. The highest BCUT2D eigenvalue weighted by atomic mass is 16.4. The Morgan fingerprint density at radius 3 is 2.04 bits per heavy atom. The number of rotatable bonds is 34. The normalized spacial score (nSPS) is 16.2. The largest absolute Gasteiger partial charge is 0.477 e. The van der Waals surface area contributed by atoms with Gasteiger partial charge < -0.3 is 92.5 Å². The first-order chi connectivity index (χ1) is 34.8. The van der Waals surface area contributed by atoms with Crippen molar-refractivity contribution < 1.29 is 53.4 Å². The number of likely N-dealkylation sites (tertiary alicyclic amines) is 1. The van der Waals surface area contributed by atoms with Gasteiger partial charge in [-0.15, -0.1) is 0 Å². The molecule has 73 heavy (non-hydrogen) atoms. The van der Waals surface area contributed by atoms with Gasteiger partial charge in [0.05, 0.1) is 18.7 Å². The Kier molecular flexibility index (Phi) is 28.8. The summed E-state index contributed by atoms with van der Waals surface area (Å²) in [5.41, 5.74) is 39.2. The van der Waals surface area contributed by atoms with Gasteiger partial charge in [0.25, 0.3) is 0 Å². The maximum atomic E-state index is 14.2. The summed E-state index contributed by atoms with van der Waals surface area (Å²) in [6.45, 7) is 1.20. The van der Waals surface area contributed by atoms with Gasteiger partial charge in [-0.2, -0.15) is 0 Å². The maximum absolute atomic E-state index is 14.2. The number of amides is 8. The zero-order valence-corrected chi connectivity index (χ0v) is 41.4. The second kappa shape index (κ2) is 33.7. The van der Waals surface area contributed by atoms with Crippen LogP contribution in [0.2, 0.25) is 0 Å². The van der Waals surface area contributed by atoms with Gasteiger partial charge in [0, 0.05) is 38.4 Å². The fourth-order valence-corrected chi connectivity index (χ4v) is 7.47. The second-order valence-corrected chi connectivity index (χ2v) is 17.3. The molecule has 1 aliphatic rings. The standard InChI is InChI=1S/C45H77N17O11/c1-26(56-42(70)36(34(63)24-49)61-38(66)28(50)9-2-4-16-46)37(65)55-25-35(64)57-30(11-6-18-48)43(71)62-22-8-13-33(62)41(69)60-32(23-27-14-20-53-21-15-27)40(68)58-29(10-3-5-17-47)39(67)59-31(44(72)73)12-7-19-54-45(51)52/h12,14-15,20-21,26,28-30,32-34,36,63H,2-11,13,16-19,22-25,46-50H2,1H3,(H,55,65)(H,56,70)(H,57,64)(H,58,68)(H,59,67)(H,60,69)(H,61,66)(H,72,73)(H4,51,52,54)/b31-12-/t26-,28-,29-,30+,32-,33-,34-,36-/m0/s1. The van der Waals surface area contributed by atoms with Crippen LogP contribution in [-0.4, -0.2) is 173 Å². The van der Waals surface area contributed by atoms with Crippen molar-refractivity contribution in [2.75, 3.05) is 45.8 Å². The fraction of sp³-hybridized carbons (Fsp3) is 0.622. The van der Waals surface area contributed by atoms with Crippen molar-refractivity contribution in [3.8, 4) is 0 Å². The van der Waals surface area contributed by atoms with Gasteiger partial charge in [0.1, 0.15) is 41.9 Å². The lowest BCUT2D eigenvalue weighted by Gasteiger charge is -2.30. The van der Waals surface area contributed by atoms with E-state index in [0.29, 0.717) is 44.2 Å². The summed E-state index contributed by atoms with van der Waals surface area (Å²) >= 11 is 0. The molecule has 28 heteroatoms. The molecule has 2 heterocycles. The van der Waals surface area contributed by atoms with Crippen LogP contribution in [0.25, 0.3) is 0 Å². The minimum absolute atomic E-state index is 0.0439. The van der Waals surface area contributed by atoms with E-state index in [0.717, 1.165) is 0 Å². The third-order valence-electron chi connectivity index (χ3n) is 11.5. The van der Waals surface area contributed by atoms with Gasteiger partial charge in [0.15, 0.2) is 5.96 Å². The topological polar surface area (TPSA) is 489 Å². The molecule has 0 spiro atoms. The number of carboxylic acid groups (broad SMARTS) is 1. The molecule has 0 aromatic carbocycles. The minimum Gasteiger partial charge on any atom is -0.477 e. The number of nitrogens with zero attached hydrogens (tertiary/aromatic N) is 3. The van der Waals surface area contributed by atoms with Gasteiger partial charge in [-0.25, -0.2) is 4.79 Å². The summed E-state index contributed by atoms with van der Waals surface area (Å²) in [5, 5.41) is 37.6. The van der Waals surface area contributed by atoms with E-state index in [1.807, 2.05) is 0 Å². The number of aliphatic carboxylic acids is 1. The minimum atomic E-state index is -1.56. The monoisotopic (exact) mass is 1030 g/mol. The number of unbranched alkanes of at least 4 members (excludes halogenated alkanes) is 2. The number of aliphatic imine (C=N–C) groups is 1.